The summed E-state index contributed by atoms with van der Waals surface area (Å²) in [6, 6.07) is 7.73. The molecule has 0 spiro atoms. The molecular formula is C16H26N2O2S. The third-order valence-electron chi connectivity index (χ3n) is 3.16. The van der Waals surface area contributed by atoms with Crippen LogP contribution >= 0.6 is 11.8 Å². The Kier molecular flexibility index (Phi) is 8.23. The number of hydrogen-bond acceptors (Lipinski definition) is 3. The Morgan fingerprint density at radius 1 is 1.29 bits per heavy atom. The number of carbonyl (C=O) groups is 1. The second-order valence-corrected chi connectivity index (χ2v) is 6.45. The predicted octanol–water partition coefficient (Wildman–Crippen LogP) is 3.12. The van der Waals surface area contributed by atoms with Crippen molar-refractivity contribution in [1.29, 1.82) is 0 Å². The van der Waals surface area contributed by atoms with E-state index >= 15 is 0 Å². The molecule has 0 bridgehead atoms. The van der Waals surface area contributed by atoms with E-state index in [0.29, 0.717) is 13.0 Å². The molecule has 0 radical (unpaired) electrons. The van der Waals surface area contributed by atoms with Gasteiger partial charge in [0.2, 0.25) is 0 Å². The zero-order valence-corrected chi connectivity index (χ0v) is 13.9. The summed E-state index contributed by atoms with van der Waals surface area (Å²) in [6.07, 6.45) is 3.49. The molecule has 2 amide bonds. The van der Waals surface area contributed by atoms with E-state index in [1.165, 1.54) is 5.56 Å². The van der Waals surface area contributed by atoms with Gasteiger partial charge in [0.1, 0.15) is 0 Å². The van der Waals surface area contributed by atoms with Crippen molar-refractivity contribution in [3.63, 3.8) is 0 Å². The first-order valence-corrected chi connectivity index (χ1v) is 8.71. The highest BCUT2D eigenvalue weighted by Gasteiger charge is 2.08. The van der Waals surface area contributed by atoms with Gasteiger partial charge in [-0.15, -0.1) is 0 Å². The normalized spacial score (nSPS) is 13.5. The minimum Gasteiger partial charge on any atom is -0.393 e. The van der Waals surface area contributed by atoms with Crippen molar-refractivity contribution in [2.75, 3.05) is 23.9 Å². The van der Waals surface area contributed by atoms with Crippen molar-refractivity contribution in [3.05, 3.63) is 29.8 Å². The fourth-order valence-electron chi connectivity index (χ4n) is 2.08. The number of anilines is 1. The van der Waals surface area contributed by atoms with Crippen LogP contribution in [0.3, 0.4) is 0 Å². The molecule has 3 N–H and O–H groups in total. The predicted molar refractivity (Wildman–Crippen MR) is 91.0 cm³/mol. The van der Waals surface area contributed by atoms with Crippen molar-refractivity contribution in [1.82, 2.24) is 5.32 Å². The Morgan fingerprint density at radius 2 is 1.95 bits per heavy atom. The summed E-state index contributed by atoms with van der Waals surface area (Å²) in [5.41, 5.74) is 2.07. The number of rotatable bonds is 8. The van der Waals surface area contributed by atoms with Gasteiger partial charge in [-0.1, -0.05) is 19.1 Å². The highest BCUT2D eigenvalue weighted by atomic mass is 32.2. The molecule has 0 aromatic heterocycles. The molecular weight excluding hydrogens is 284 g/mol. The second kappa shape index (κ2) is 9.68. The van der Waals surface area contributed by atoms with Crippen LogP contribution in [0.1, 0.15) is 25.8 Å². The Bertz CT molecular complexity index is 421. The molecule has 0 aliphatic rings. The molecule has 2 atom stereocenters. The zero-order valence-electron chi connectivity index (χ0n) is 13.1. The van der Waals surface area contributed by atoms with Crippen molar-refractivity contribution in [2.24, 2.45) is 5.92 Å². The SMILES string of the molecule is CSCCc1ccc(NC(=O)NCC(C)CC(C)O)cc1. The average molecular weight is 310 g/mol. The third-order valence-corrected chi connectivity index (χ3v) is 3.77. The minimum absolute atomic E-state index is 0.204. The maximum Gasteiger partial charge on any atom is 0.319 e. The van der Waals surface area contributed by atoms with Crippen LogP contribution in [0, 0.1) is 5.92 Å². The van der Waals surface area contributed by atoms with E-state index < -0.39 is 0 Å². The highest BCUT2D eigenvalue weighted by Crippen LogP contribution is 2.11. The van der Waals surface area contributed by atoms with E-state index in [9.17, 15) is 9.90 Å². The van der Waals surface area contributed by atoms with E-state index in [0.717, 1.165) is 17.9 Å². The monoisotopic (exact) mass is 310 g/mol. The lowest BCUT2D eigenvalue weighted by molar-refractivity contribution is 0.163. The molecule has 1 aromatic rings. The molecule has 21 heavy (non-hydrogen) atoms. The van der Waals surface area contributed by atoms with Gasteiger partial charge in [0.05, 0.1) is 6.10 Å². The summed E-state index contributed by atoms with van der Waals surface area (Å²) in [4.78, 5) is 11.8. The van der Waals surface area contributed by atoms with Crippen LogP contribution in [-0.4, -0.2) is 35.8 Å². The second-order valence-electron chi connectivity index (χ2n) is 5.46. The average Bonchev–Trinajstić information content (AvgIpc) is 2.44. The highest BCUT2D eigenvalue weighted by molar-refractivity contribution is 7.98. The summed E-state index contributed by atoms with van der Waals surface area (Å²) < 4.78 is 0. The van der Waals surface area contributed by atoms with Gasteiger partial charge >= 0.3 is 6.03 Å². The smallest absolute Gasteiger partial charge is 0.319 e. The summed E-state index contributed by atoms with van der Waals surface area (Å²) in [5.74, 6) is 1.36. The topological polar surface area (TPSA) is 61.4 Å². The summed E-state index contributed by atoms with van der Waals surface area (Å²) >= 11 is 1.83. The molecule has 0 saturated carbocycles. The number of thioether (sulfide) groups is 1. The van der Waals surface area contributed by atoms with Crippen molar-refractivity contribution >= 4 is 23.5 Å². The molecule has 0 heterocycles. The number of carbonyl (C=O) groups excluding carboxylic acids is 1. The van der Waals surface area contributed by atoms with Crippen LogP contribution in [-0.2, 0) is 6.42 Å². The zero-order chi connectivity index (χ0) is 15.7. The van der Waals surface area contributed by atoms with Crippen molar-refractivity contribution < 1.29 is 9.90 Å². The Labute approximate surface area is 131 Å². The molecule has 5 heteroatoms. The number of benzene rings is 1. The first kappa shape index (κ1) is 17.9. The Morgan fingerprint density at radius 3 is 2.52 bits per heavy atom. The molecule has 118 valence electrons. The molecule has 4 nitrogen and oxygen atoms in total. The lowest BCUT2D eigenvalue weighted by atomic mass is 10.1. The Hall–Kier alpha value is -1.20. The van der Waals surface area contributed by atoms with Crippen molar-refractivity contribution in [2.45, 2.75) is 32.8 Å². The fourth-order valence-corrected chi connectivity index (χ4v) is 2.52. The Balaban J connectivity index is 2.34. The number of aryl methyl sites for hydroxylation is 1. The standard InChI is InChI=1S/C16H26N2O2S/c1-12(10-13(2)19)11-17-16(20)18-15-6-4-14(5-7-15)8-9-21-3/h4-7,12-13,19H,8-11H2,1-3H3,(H2,17,18,20). The summed E-state index contributed by atoms with van der Waals surface area (Å²) in [6.45, 7) is 4.32. The van der Waals surface area contributed by atoms with Crippen LogP contribution in [0.4, 0.5) is 10.5 Å². The van der Waals surface area contributed by atoms with Crippen LogP contribution < -0.4 is 10.6 Å². The lowest BCUT2D eigenvalue weighted by Gasteiger charge is -2.14. The molecule has 1 aromatic carbocycles. The van der Waals surface area contributed by atoms with Gasteiger partial charge in [0, 0.05) is 12.2 Å². The largest absolute Gasteiger partial charge is 0.393 e. The maximum absolute atomic E-state index is 11.8. The number of hydrogen-bond donors (Lipinski definition) is 3. The molecule has 1 rings (SSSR count). The molecule has 0 saturated heterocycles. The maximum atomic E-state index is 11.8. The first-order chi connectivity index (χ1) is 10.0. The van der Waals surface area contributed by atoms with E-state index in [2.05, 4.69) is 16.9 Å². The lowest BCUT2D eigenvalue weighted by Crippen LogP contribution is -2.33. The third kappa shape index (κ3) is 7.97. The van der Waals surface area contributed by atoms with Crippen LogP contribution in [0.5, 0.6) is 0 Å². The molecule has 0 aliphatic carbocycles. The van der Waals surface area contributed by atoms with Crippen LogP contribution in [0.15, 0.2) is 24.3 Å². The van der Waals surface area contributed by atoms with Gasteiger partial charge in [-0.05, 0) is 55.4 Å². The summed E-state index contributed by atoms with van der Waals surface area (Å²) in [5, 5.41) is 14.9. The van der Waals surface area contributed by atoms with E-state index in [4.69, 9.17) is 0 Å². The molecule has 0 fully saturated rings. The quantitative estimate of drug-likeness (QED) is 0.691. The van der Waals surface area contributed by atoms with E-state index in [1.54, 1.807) is 6.92 Å². The van der Waals surface area contributed by atoms with Gasteiger partial charge in [0.25, 0.3) is 0 Å². The van der Waals surface area contributed by atoms with E-state index in [1.807, 2.05) is 43.0 Å². The molecule has 2 unspecified atom stereocenters. The van der Waals surface area contributed by atoms with Gasteiger partial charge in [-0.25, -0.2) is 4.79 Å². The molecule has 0 aliphatic heterocycles. The minimum atomic E-state index is -0.335. The van der Waals surface area contributed by atoms with Gasteiger partial charge < -0.3 is 15.7 Å². The number of urea groups is 1. The van der Waals surface area contributed by atoms with Gasteiger partial charge in [-0.2, -0.15) is 11.8 Å². The first-order valence-electron chi connectivity index (χ1n) is 7.32. The van der Waals surface area contributed by atoms with Crippen LogP contribution in [0.2, 0.25) is 0 Å². The van der Waals surface area contributed by atoms with Crippen LogP contribution in [0.25, 0.3) is 0 Å². The van der Waals surface area contributed by atoms with Crippen molar-refractivity contribution in [3.8, 4) is 0 Å². The number of amides is 2. The number of aliphatic hydroxyl groups excluding tert-OH is 1. The fraction of sp³-hybridized carbons (Fsp3) is 0.562. The van der Waals surface area contributed by atoms with Gasteiger partial charge in [0.15, 0.2) is 0 Å². The number of nitrogens with one attached hydrogen (secondary N) is 2. The summed E-state index contributed by atoms with van der Waals surface area (Å²) in [7, 11) is 0. The number of aliphatic hydroxyl groups is 1. The van der Waals surface area contributed by atoms with Gasteiger partial charge in [-0.3, -0.25) is 0 Å². The van der Waals surface area contributed by atoms with E-state index in [-0.39, 0.29) is 18.1 Å².